The predicted octanol–water partition coefficient (Wildman–Crippen LogP) is 3.56. The number of halogens is 1. The van der Waals surface area contributed by atoms with E-state index in [-0.39, 0.29) is 18.1 Å². The normalized spacial score (nSPS) is 10.8. The van der Waals surface area contributed by atoms with E-state index in [4.69, 9.17) is 0 Å². The van der Waals surface area contributed by atoms with Gasteiger partial charge >= 0.3 is 6.03 Å². The van der Waals surface area contributed by atoms with Crippen molar-refractivity contribution in [3.8, 4) is 0 Å². The summed E-state index contributed by atoms with van der Waals surface area (Å²) in [7, 11) is 5.02. The Labute approximate surface area is 168 Å². The number of aryl methyl sites for hydroxylation is 1. The Kier molecular flexibility index (Phi) is 5.81. The van der Waals surface area contributed by atoms with Gasteiger partial charge < -0.3 is 19.7 Å². The van der Waals surface area contributed by atoms with E-state index in [1.54, 1.807) is 45.4 Å². The minimum absolute atomic E-state index is 0.0964. The molecule has 0 saturated heterocycles. The van der Waals surface area contributed by atoms with Crippen molar-refractivity contribution in [2.24, 2.45) is 0 Å². The van der Waals surface area contributed by atoms with Crippen LogP contribution < -0.4 is 5.32 Å². The number of fused-ring (bicyclic) bond motifs is 1. The first-order valence-corrected chi connectivity index (χ1v) is 9.29. The number of anilines is 1. The van der Waals surface area contributed by atoms with Crippen LogP contribution in [0.25, 0.3) is 11.0 Å². The summed E-state index contributed by atoms with van der Waals surface area (Å²) in [6, 6.07) is 11.0. The molecular formula is C21H24FN5O2. The SMILES string of the molecule is CCn1c(CN(C)C(=O)Nc2ccccc2F)nc2cc(C(=O)N(C)C)ccc21. The second-order valence-electron chi connectivity index (χ2n) is 6.94. The van der Waals surface area contributed by atoms with Crippen LogP contribution in [0.1, 0.15) is 23.1 Å². The van der Waals surface area contributed by atoms with Crippen molar-refractivity contribution in [2.75, 3.05) is 26.5 Å². The quantitative estimate of drug-likeness (QED) is 0.716. The minimum atomic E-state index is -0.492. The van der Waals surface area contributed by atoms with Gasteiger partial charge in [-0.05, 0) is 37.3 Å². The van der Waals surface area contributed by atoms with Crippen LogP contribution in [0.15, 0.2) is 42.5 Å². The summed E-state index contributed by atoms with van der Waals surface area (Å²) in [5, 5.41) is 2.56. The van der Waals surface area contributed by atoms with Gasteiger partial charge in [0.1, 0.15) is 11.6 Å². The van der Waals surface area contributed by atoms with Gasteiger partial charge in [-0.3, -0.25) is 4.79 Å². The lowest BCUT2D eigenvalue weighted by molar-refractivity contribution is 0.0827. The molecule has 152 valence electrons. The van der Waals surface area contributed by atoms with Gasteiger partial charge in [-0.25, -0.2) is 14.2 Å². The van der Waals surface area contributed by atoms with Crippen LogP contribution in [0.3, 0.4) is 0 Å². The molecule has 0 aliphatic carbocycles. The van der Waals surface area contributed by atoms with E-state index in [1.807, 2.05) is 17.6 Å². The smallest absolute Gasteiger partial charge is 0.322 e. The number of carbonyl (C=O) groups is 2. The van der Waals surface area contributed by atoms with Gasteiger partial charge in [0.25, 0.3) is 5.91 Å². The van der Waals surface area contributed by atoms with Gasteiger partial charge in [-0.1, -0.05) is 12.1 Å². The standard InChI is InChI=1S/C21H24FN5O2/c1-5-27-18-11-10-14(20(28)25(2)3)12-17(18)23-19(27)13-26(4)21(29)24-16-9-7-6-8-15(16)22/h6-12H,5,13H2,1-4H3,(H,24,29). The Morgan fingerprint density at radius 2 is 1.86 bits per heavy atom. The molecule has 0 aliphatic rings. The van der Waals surface area contributed by atoms with Crippen molar-refractivity contribution in [3.63, 3.8) is 0 Å². The number of nitrogens with one attached hydrogen (secondary N) is 1. The average Bonchev–Trinajstić information content (AvgIpc) is 3.04. The monoisotopic (exact) mass is 397 g/mol. The minimum Gasteiger partial charge on any atom is -0.345 e. The Morgan fingerprint density at radius 3 is 2.52 bits per heavy atom. The second-order valence-corrected chi connectivity index (χ2v) is 6.94. The molecule has 0 saturated carbocycles. The lowest BCUT2D eigenvalue weighted by Crippen LogP contribution is -2.32. The van der Waals surface area contributed by atoms with Crippen molar-refractivity contribution < 1.29 is 14.0 Å². The summed E-state index contributed by atoms with van der Waals surface area (Å²) in [6.45, 7) is 2.89. The Hall–Kier alpha value is -3.42. The van der Waals surface area contributed by atoms with E-state index in [0.717, 1.165) is 5.52 Å². The third-order valence-electron chi connectivity index (χ3n) is 4.64. The molecule has 0 fully saturated rings. The number of rotatable bonds is 5. The number of aromatic nitrogens is 2. The van der Waals surface area contributed by atoms with Crippen LogP contribution in [-0.2, 0) is 13.1 Å². The molecule has 3 amide bonds. The summed E-state index contributed by atoms with van der Waals surface area (Å²) in [4.78, 5) is 32.3. The highest BCUT2D eigenvalue weighted by atomic mass is 19.1. The molecule has 0 spiro atoms. The number of urea groups is 1. The molecule has 0 bridgehead atoms. The van der Waals surface area contributed by atoms with E-state index >= 15 is 0 Å². The van der Waals surface area contributed by atoms with Crippen molar-refractivity contribution >= 4 is 28.7 Å². The number of carbonyl (C=O) groups excluding carboxylic acids is 2. The molecule has 3 rings (SSSR count). The maximum atomic E-state index is 13.8. The zero-order valence-corrected chi connectivity index (χ0v) is 16.9. The van der Waals surface area contributed by atoms with Crippen LogP contribution in [0.5, 0.6) is 0 Å². The summed E-state index contributed by atoms with van der Waals surface area (Å²) in [5.74, 6) is 0.0946. The summed E-state index contributed by atoms with van der Waals surface area (Å²) < 4.78 is 15.8. The van der Waals surface area contributed by atoms with Crippen LogP contribution in [0.2, 0.25) is 0 Å². The van der Waals surface area contributed by atoms with E-state index < -0.39 is 11.8 Å². The van der Waals surface area contributed by atoms with E-state index in [9.17, 15) is 14.0 Å². The van der Waals surface area contributed by atoms with Crippen LogP contribution >= 0.6 is 0 Å². The zero-order valence-electron chi connectivity index (χ0n) is 16.9. The van der Waals surface area contributed by atoms with Gasteiger partial charge in [0.05, 0.1) is 23.3 Å². The maximum absolute atomic E-state index is 13.8. The number of hydrogen-bond donors (Lipinski definition) is 1. The van der Waals surface area contributed by atoms with E-state index in [1.165, 1.54) is 21.9 Å². The Morgan fingerprint density at radius 1 is 1.14 bits per heavy atom. The fourth-order valence-corrected chi connectivity index (χ4v) is 3.10. The van der Waals surface area contributed by atoms with Gasteiger partial charge in [0.2, 0.25) is 0 Å². The number of amides is 3. The lowest BCUT2D eigenvalue weighted by Gasteiger charge is -2.18. The molecule has 2 aromatic carbocycles. The average molecular weight is 397 g/mol. The third-order valence-corrected chi connectivity index (χ3v) is 4.64. The van der Waals surface area contributed by atoms with E-state index in [2.05, 4.69) is 10.3 Å². The van der Waals surface area contributed by atoms with Crippen molar-refractivity contribution in [1.29, 1.82) is 0 Å². The molecule has 1 aromatic heterocycles. The highest BCUT2D eigenvalue weighted by Crippen LogP contribution is 2.20. The molecule has 1 heterocycles. The lowest BCUT2D eigenvalue weighted by atomic mass is 10.2. The van der Waals surface area contributed by atoms with Gasteiger partial charge in [0, 0.05) is 33.3 Å². The van der Waals surface area contributed by atoms with E-state index in [0.29, 0.717) is 23.4 Å². The largest absolute Gasteiger partial charge is 0.345 e. The van der Waals surface area contributed by atoms with Gasteiger partial charge in [-0.2, -0.15) is 0 Å². The highest BCUT2D eigenvalue weighted by molar-refractivity contribution is 5.97. The van der Waals surface area contributed by atoms with Crippen molar-refractivity contribution in [2.45, 2.75) is 20.0 Å². The summed E-state index contributed by atoms with van der Waals surface area (Å²) in [5.41, 5.74) is 2.26. The molecule has 7 nitrogen and oxygen atoms in total. The number of nitrogens with zero attached hydrogens (tertiary/aromatic N) is 4. The van der Waals surface area contributed by atoms with Crippen LogP contribution in [-0.4, -0.2) is 52.4 Å². The number of hydrogen-bond acceptors (Lipinski definition) is 3. The third kappa shape index (κ3) is 4.21. The van der Waals surface area contributed by atoms with Crippen LogP contribution in [0.4, 0.5) is 14.9 Å². The number of para-hydroxylation sites is 1. The number of imidazole rings is 1. The molecule has 1 N–H and O–H groups in total. The molecule has 29 heavy (non-hydrogen) atoms. The molecule has 0 aliphatic heterocycles. The molecule has 0 unspecified atom stereocenters. The van der Waals surface area contributed by atoms with Crippen LogP contribution in [0, 0.1) is 5.82 Å². The Balaban J connectivity index is 1.84. The van der Waals surface area contributed by atoms with Gasteiger partial charge in [0.15, 0.2) is 0 Å². The van der Waals surface area contributed by atoms with Gasteiger partial charge in [-0.15, -0.1) is 0 Å². The molecular weight excluding hydrogens is 373 g/mol. The first-order valence-electron chi connectivity index (χ1n) is 9.29. The molecule has 0 radical (unpaired) electrons. The highest BCUT2D eigenvalue weighted by Gasteiger charge is 2.17. The summed E-state index contributed by atoms with van der Waals surface area (Å²) in [6.07, 6.45) is 0. The van der Waals surface area contributed by atoms with Crippen molar-refractivity contribution in [1.82, 2.24) is 19.4 Å². The van der Waals surface area contributed by atoms with Crippen molar-refractivity contribution in [3.05, 3.63) is 59.7 Å². The summed E-state index contributed by atoms with van der Waals surface area (Å²) >= 11 is 0. The predicted molar refractivity (Wildman–Crippen MR) is 110 cm³/mol. The molecule has 3 aromatic rings. The fourth-order valence-electron chi connectivity index (χ4n) is 3.10. The first-order chi connectivity index (χ1) is 13.8. The molecule has 0 atom stereocenters. The zero-order chi connectivity index (χ0) is 21.1. The maximum Gasteiger partial charge on any atom is 0.322 e. The fraction of sp³-hybridized carbons (Fsp3) is 0.286. The Bertz CT molecular complexity index is 1060. The molecule has 8 heteroatoms. The first kappa shape index (κ1) is 20.3. The topological polar surface area (TPSA) is 70.5 Å². The number of benzene rings is 2. The second kappa shape index (κ2) is 8.30.